The average molecular weight is 487 g/mol. The fourth-order valence-corrected chi connectivity index (χ4v) is 3.74. The van der Waals surface area contributed by atoms with E-state index in [-0.39, 0.29) is 18.4 Å². The summed E-state index contributed by atoms with van der Waals surface area (Å²) >= 11 is 0. The zero-order chi connectivity index (χ0) is 26.6. The van der Waals surface area contributed by atoms with Gasteiger partial charge in [-0.2, -0.15) is 5.26 Å². The molecule has 1 aromatic carbocycles. The Hall–Kier alpha value is -3.08. The van der Waals surface area contributed by atoms with Crippen molar-refractivity contribution in [1.29, 1.82) is 5.26 Å². The lowest BCUT2D eigenvalue weighted by atomic mass is 9.96. The summed E-state index contributed by atoms with van der Waals surface area (Å²) in [5.74, 6) is -0.773. The highest BCUT2D eigenvalue weighted by Crippen LogP contribution is 2.26. The number of unbranched alkanes of at least 4 members (excludes halogenated alkanes) is 2. The Bertz CT molecular complexity index is 886. The number of nitrogens with zero attached hydrogens (tertiary/aromatic N) is 2. The van der Waals surface area contributed by atoms with E-state index in [2.05, 4.69) is 17.6 Å². The molecule has 1 rings (SSSR count). The third kappa shape index (κ3) is 10.4. The van der Waals surface area contributed by atoms with E-state index >= 15 is 0 Å². The Morgan fingerprint density at radius 1 is 1.14 bits per heavy atom. The molecule has 8 heteroatoms. The lowest BCUT2D eigenvalue weighted by molar-refractivity contribution is -0.142. The van der Waals surface area contributed by atoms with Crippen molar-refractivity contribution >= 4 is 17.9 Å². The highest BCUT2D eigenvalue weighted by molar-refractivity contribution is 5.92. The van der Waals surface area contributed by atoms with E-state index in [0.717, 1.165) is 24.8 Å². The molecule has 3 amide bonds. The Labute approximate surface area is 210 Å². The van der Waals surface area contributed by atoms with Gasteiger partial charge in [-0.1, -0.05) is 57.9 Å². The molecule has 0 aliphatic rings. The second-order valence-electron chi connectivity index (χ2n) is 10.2. The van der Waals surface area contributed by atoms with Crippen molar-refractivity contribution in [3.8, 4) is 6.07 Å². The number of alkyl carbamates (subject to hydrolysis) is 1. The van der Waals surface area contributed by atoms with Crippen molar-refractivity contribution in [2.75, 3.05) is 13.1 Å². The fraction of sp³-hybridized carbons (Fsp3) is 0.630. The van der Waals surface area contributed by atoms with Gasteiger partial charge in [-0.05, 0) is 57.6 Å². The van der Waals surface area contributed by atoms with E-state index in [1.54, 1.807) is 32.9 Å². The Morgan fingerprint density at radius 3 is 2.34 bits per heavy atom. The highest BCUT2D eigenvalue weighted by atomic mass is 16.6. The van der Waals surface area contributed by atoms with Crippen LogP contribution in [0.15, 0.2) is 24.3 Å². The van der Waals surface area contributed by atoms with Crippen LogP contribution in [0, 0.1) is 24.2 Å². The molecule has 2 N–H and O–H groups in total. The number of amides is 3. The van der Waals surface area contributed by atoms with Crippen LogP contribution in [0.2, 0.25) is 0 Å². The molecular formula is C27H42N4O4. The third-order valence-corrected chi connectivity index (χ3v) is 5.34. The number of ether oxygens (including phenoxy) is 1. The molecule has 0 aromatic heterocycles. The van der Waals surface area contributed by atoms with E-state index < -0.39 is 29.7 Å². The zero-order valence-electron chi connectivity index (χ0n) is 22.3. The standard InChI is InChI=1S/C27H42N4O4/c1-8-9-12-16-29-24(32)23(21-14-11-10-13-20(21)4)31(17-15-28)25(33)22(18-19(2)3)30-26(34)35-27(5,6)7/h10-11,13-14,19,22-23H,8-9,12,16-18H2,1-7H3,(H,29,32)(H,30,34). The van der Waals surface area contributed by atoms with Gasteiger partial charge in [0.15, 0.2) is 0 Å². The van der Waals surface area contributed by atoms with Crippen molar-refractivity contribution < 1.29 is 19.1 Å². The SMILES string of the molecule is CCCCCNC(=O)C(c1ccccc1C)N(CC#N)C(=O)C(CC(C)C)NC(=O)OC(C)(C)C. The van der Waals surface area contributed by atoms with Crippen LogP contribution in [0.3, 0.4) is 0 Å². The minimum absolute atomic E-state index is 0.0719. The van der Waals surface area contributed by atoms with Crippen LogP contribution < -0.4 is 10.6 Å². The van der Waals surface area contributed by atoms with Crippen LogP contribution in [-0.2, 0) is 14.3 Å². The van der Waals surface area contributed by atoms with Gasteiger partial charge in [-0.3, -0.25) is 9.59 Å². The Morgan fingerprint density at radius 2 is 1.80 bits per heavy atom. The van der Waals surface area contributed by atoms with Gasteiger partial charge in [0.1, 0.15) is 24.2 Å². The normalized spacial score (nSPS) is 12.9. The van der Waals surface area contributed by atoms with Crippen molar-refractivity contribution in [3.05, 3.63) is 35.4 Å². The molecule has 0 saturated carbocycles. The quantitative estimate of drug-likeness (QED) is 0.330. The predicted molar refractivity (Wildman–Crippen MR) is 136 cm³/mol. The van der Waals surface area contributed by atoms with Crippen molar-refractivity contribution in [2.45, 2.75) is 91.8 Å². The van der Waals surface area contributed by atoms with E-state index in [4.69, 9.17) is 4.74 Å². The lowest BCUT2D eigenvalue weighted by Crippen LogP contribution is -2.53. The van der Waals surface area contributed by atoms with E-state index in [1.165, 1.54) is 4.90 Å². The smallest absolute Gasteiger partial charge is 0.408 e. The number of carbonyl (C=O) groups excluding carboxylic acids is 3. The molecule has 0 aliphatic carbocycles. The Balaban J connectivity index is 3.37. The topological polar surface area (TPSA) is 112 Å². The fourth-order valence-electron chi connectivity index (χ4n) is 3.74. The highest BCUT2D eigenvalue weighted by Gasteiger charge is 2.37. The summed E-state index contributed by atoms with van der Waals surface area (Å²) in [6.07, 6.45) is 2.43. The van der Waals surface area contributed by atoms with Gasteiger partial charge in [-0.15, -0.1) is 0 Å². The van der Waals surface area contributed by atoms with Crippen molar-refractivity contribution in [1.82, 2.24) is 15.5 Å². The minimum atomic E-state index is -1.000. The first kappa shape index (κ1) is 30.0. The van der Waals surface area contributed by atoms with Gasteiger partial charge in [0.25, 0.3) is 0 Å². The number of nitriles is 1. The summed E-state index contributed by atoms with van der Waals surface area (Å²) < 4.78 is 5.36. The summed E-state index contributed by atoms with van der Waals surface area (Å²) in [5.41, 5.74) is 0.742. The summed E-state index contributed by atoms with van der Waals surface area (Å²) in [5, 5.41) is 15.2. The van der Waals surface area contributed by atoms with E-state index in [0.29, 0.717) is 18.5 Å². The first-order valence-corrected chi connectivity index (χ1v) is 12.4. The van der Waals surface area contributed by atoms with Crippen LogP contribution in [0.1, 0.15) is 84.4 Å². The molecule has 0 radical (unpaired) electrons. The molecule has 0 fully saturated rings. The summed E-state index contributed by atoms with van der Waals surface area (Å²) in [6.45, 7) is 13.2. The molecule has 1 aromatic rings. The molecule has 0 saturated heterocycles. The molecule has 0 bridgehead atoms. The van der Waals surface area contributed by atoms with Crippen LogP contribution in [-0.4, -0.2) is 47.5 Å². The zero-order valence-corrected chi connectivity index (χ0v) is 22.3. The maximum Gasteiger partial charge on any atom is 0.408 e. The number of hydrogen-bond acceptors (Lipinski definition) is 5. The van der Waals surface area contributed by atoms with E-state index in [1.807, 2.05) is 39.0 Å². The number of carbonyl (C=O) groups is 3. The third-order valence-electron chi connectivity index (χ3n) is 5.34. The number of rotatable bonds is 12. The molecule has 35 heavy (non-hydrogen) atoms. The molecule has 2 atom stereocenters. The number of benzene rings is 1. The van der Waals surface area contributed by atoms with Crippen molar-refractivity contribution in [2.24, 2.45) is 5.92 Å². The molecule has 8 nitrogen and oxygen atoms in total. The molecule has 0 heterocycles. The van der Waals surface area contributed by atoms with Gasteiger partial charge in [0.2, 0.25) is 11.8 Å². The lowest BCUT2D eigenvalue weighted by Gasteiger charge is -2.34. The second-order valence-corrected chi connectivity index (χ2v) is 10.2. The largest absolute Gasteiger partial charge is 0.444 e. The first-order valence-electron chi connectivity index (χ1n) is 12.4. The van der Waals surface area contributed by atoms with Crippen LogP contribution >= 0.6 is 0 Å². The summed E-state index contributed by atoms with van der Waals surface area (Å²) in [4.78, 5) is 41.0. The predicted octanol–water partition coefficient (Wildman–Crippen LogP) is 4.63. The molecule has 194 valence electrons. The summed E-state index contributed by atoms with van der Waals surface area (Å²) in [6, 6.07) is 7.41. The number of hydrogen-bond donors (Lipinski definition) is 2. The van der Waals surface area contributed by atoms with Crippen LogP contribution in [0.5, 0.6) is 0 Å². The Kier molecular flexibility index (Phi) is 12.3. The first-order chi connectivity index (χ1) is 16.4. The minimum Gasteiger partial charge on any atom is -0.444 e. The van der Waals surface area contributed by atoms with Crippen LogP contribution in [0.4, 0.5) is 4.79 Å². The maximum absolute atomic E-state index is 13.8. The maximum atomic E-state index is 13.8. The average Bonchev–Trinajstić information content (AvgIpc) is 2.75. The van der Waals surface area contributed by atoms with Gasteiger partial charge in [0.05, 0.1) is 6.07 Å². The summed E-state index contributed by atoms with van der Waals surface area (Å²) in [7, 11) is 0. The molecule has 0 spiro atoms. The van der Waals surface area contributed by atoms with Crippen LogP contribution in [0.25, 0.3) is 0 Å². The second kappa shape index (κ2) is 14.3. The molecule has 0 aliphatic heterocycles. The molecular weight excluding hydrogens is 444 g/mol. The van der Waals surface area contributed by atoms with Gasteiger partial charge in [0, 0.05) is 6.54 Å². The molecule has 2 unspecified atom stereocenters. The van der Waals surface area contributed by atoms with Gasteiger partial charge >= 0.3 is 6.09 Å². The monoisotopic (exact) mass is 486 g/mol. The number of nitrogens with one attached hydrogen (secondary N) is 2. The van der Waals surface area contributed by atoms with Gasteiger partial charge in [-0.25, -0.2) is 4.79 Å². The van der Waals surface area contributed by atoms with Gasteiger partial charge < -0.3 is 20.3 Å². The number of aryl methyl sites for hydroxylation is 1. The van der Waals surface area contributed by atoms with Crippen molar-refractivity contribution in [3.63, 3.8) is 0 Å². The van der Waals surface area contributed by atoms with E-state index in [9.17, 15) is 19.6 Å².